The lowest BCUT2D eigenvalue weighted by atomic mass is 10.1. The van der Waals surface area contributed by atoms with Gasteiger partial charge in [0.1, 0.15) is 9.83 Å². The van der Waals surface area contributed by atoms with Crippen LogP contribution in [0.3, 0.4) is 0 Å². The molecule has 8 nitrogen and oxygen atoms in total. The number of thiophene rings is 1. The number of fused-ring (bicyclic) bond motifs is 1. The molecule has 0 aliphatic heterocycles. The van der Waals surface area contributed by atoms with Crippen LogP contribution in [-0.4, -0.2) is 30.6 Å². The molecule has 0 fully saturated rings. The SMILES string of the molecule is CCCCCCCCOC(=O)c1ccc(N=Nc2cc3sc(N=Nc4ccc(N(CC)CC)cc4)nc3s2)cc1. The molecule has 0 aliphatic rings. The van der Waals surface area contributed by atoms with Gasteiger partial charge in [-0.1, -0.05) is 61.7 Å². The lowest BCUT2D eigenvalue weighted by Crippen LogP contribution is -2.21. The van der Waals surface area contributed by atoms with E-state index in [1.165, 1.54) is 54.0 Å². The van der Waals surface area contributed by atoms with Crippen LogP contribution < -0.4 is 4.90 Å². The van der Waals surface area contributed by atoms with E-state index in [0.717, 1.165) is 46.1 Å². The number of ether oxygens (including phenoxy) is 1. The molecule has 4 rings (SSSR count). The maximum atomic E-state index is 12.3. The number of thiazole rings is 1. The van der Waals surface area contributed by atoms with Gasteiger partial charge in [-0.2, -0.15) is 0 Å². The van der Waals surface area contributed by atoms with E-state index in [4.69, 9.17) is 4.74 Å². The molecule has 210 valence electrons. The highest BCUT2D eigenvalue weighted by Crippen LogP contribution is 2.39. The fraction of sp³-hybridized carbons (Fsp3) is 0.400. The zero-order valence-electron chi connectivity index (χ0n) is 23.4. The molecule has 40 heavy (non-hydrogen) atoms. The van der Waals surface area contributed by atoms with Crippen LogP contribution in [-0.2, 0) is 4.74 Å². The normalized spacial score (nSPS) is 11.7. The number of carbonyl (C=O) groups is 1. The van der Waals surface area contributed by atoms with Gasteiger partial charge in [-0.25, -0.2) is 9.78 Å². The molecular weight excluding hydrogens is 541 g/mol. The van der Waals surface area contributed by atoms with Gasteiger partial charge in [0.05, 0.1) is 28.2 Å². The van der Waals surface area contributed by atoms with E-state index in [-0.39, 0.29) is 5.97 Å². The Bertz CT molecular complexity index is 1380. The summed E-state index contributed by atoms with van der Waals surface area (Å²) in [6, 6.07) is 17.0. The Balaban J connectivity index is 1.27. The smallest absolute Gasteiger partial charge is 0.338 e. The first-order valence-corrected chi connectivity index (χ1v) is 15.6. The third-order valence-electron chi connectivity index (χ3n) is 6.39. The fourth-order valence-electron chi connectivity index (χ4n) is 4.12. The first-order valence-electron chi connectivity index (χ1n) is 14.0. The Kier molecular flexibility index (Phi) is 11.3. The second kappa shape index (κ2) is 15.3. The van der Waals surface area contributed by atoms with Gasteiger partial charge in [-0.05, 0) is 74.9 Å². The molecule has 0 aliphatic carbocycles. The van der Waals surface area contributed by atoms with Crippen molar-refractivity contribution < 1.29 is 9.53 Å². The van der Waals surface area contributed by atoms with Crippen molar-refractivity contribution in [1.82, 2.24) is 4.98 Å². The van der Waals surface area contributed by atoms with Gasteiger partial charge in [0.2, 0.25) is 5.13 Å². The number of nitrogens with zero attached hydrogens (tertiary/aromatic N) is 6. The van der Waals surface area contributed by atoms with Gasteiger partial charge in [-0.15, -0.1) is 20.5 Å². The van der Waals surface area contributed by atoms with E-state index in [1.54, 1.807) is 24.3 Å². The van der Waals surface area contributed by atoms with Crippen LogP contribution in [0.4, 0.5) is 27.2 Å². The summed E-state index contributed by atoms with van der Waals surface area (Å²) >= 11 is 2.92. The highest BCUT2D eigenvalue weighted by Gasteiger charge is 2.10. The van der Waals surface area contributed by atoms with Gasteiger partial charge in [0.15, 0.2) is 0 Å². The van der Waals surface area contributed by atoms with Crippen molar-refractivity contribution in [2.24, 2.45) is 20.5 Å². The Morgan fingerprint density at radius 3 is 2.12 bits per heavy atom. The molecule has 10 heteroatoms. The summed E-state index contributed by atoms with van der Waals surface area (Å²) in [4.78, 5) is 20.0. The Morgan fingerprint density at radius 2 is 1.45 bits per heavy atom. The van der Waals surface area contributed by atoms with Crippen molar-refractivity contribution in [3.63, 3.8) is 0 Å². The average Bonchev–Trinajstić information content (AvgIpc) is 3.54. The fourth-order valence-corrected chi connectivity index (χ4v) is 5.97. The number of benzene rings is 2. The average molecular weight is 577 g/mol. The van der Waals surface area contributed by atoms with Crippen LogP contribution in [0.2, 0.25) is 0 Å². The maximum absolute atomic E-state index is 12.3. The highest BCUT2D eigenvalue weighted by molar-refractivity contribution is 7.30. The predicted molar refractivity (Wildman–Crippen MR) is 166 cm³/mol. The van der Waals surface area contributed by atoms with Crippen LogP contribution in [0, 0.1) is 0 Å². The molecule has 0 saturated heterocycles. The van der Waals surface area contributed by atoms with E-state index < -0.39 is 0 Å². The van der Waals surface area contributed by atoms with Gasteiger partial charge < -0.3 is 9.64 Å². The third-order valence-corrected chi connectivity index (χ3v) is 8.32. The van der Waals surface area contributed by atoms with Crippen LogP contribution in [0.25, 0.3) is 9.53 Å². The van der Waals surface area contributed by atoms with E-state index in [1.807, 2.05) is 18.2 Å². The van der Waals surface area contributed by atoms with Crippen LogP contribution in [0.5, 0.6) is 0 Å². The Morgan fingerprint density at radius 1 is 0.800 bits per heavy atom. The molecule has 0 unspecified atom stereocenters. The molecule has 0 radical (unpaired) electrons. The molecule has 0 atom stereocenters. The second-order valence-corrected chi connectivity index (χ2v) is 11.3. The zero-order chi connectivity index (χ0) is 28.2. The third kappa shape index (κ3) is 8.50. The number of unbranched alkanes of at least 4 members (excludes halogenated alkanes) is 5. The second-order valence-electron chi connectivity index (χ2n) is 9.29. The van der Waals surface area contributed by atoms with Crippen LogP contribution in [0.1, 0.15) is 69.7 Å². The number of azo groups is 2. The molecule has 2 aromatic carbocycles. The van der Waals surface area contributed by atoms with Crippen LogP contribution in [0.15, 0.2) is 75.1 Å². The summed E-state index contributed by atoms with van der Waals surface area (Å²) in [5.74, 6) is -0.300. The van der Waals surface area contributed by atoms with Crippen molar-refractivity contribution >= 4 is 65.4 Å². The number of rotatable bonds is 15. The first-order chi connectivity index (χ1) is 19.6. The van der Waals surface area contributed by atoms with Gasteiger partial charge in [-0.3, -0.25) is 0 Å². The standard InChI is InChI=1S/C30H36N6O2S2/c1-4-7-8-9-10-11-20-38-29(37)22-12-14-23(15-13-22)32-34-27-21-26-28(40-27)31-30(39-26)35-33-24-16-18-25(19-17-24)36(5-2)6-3/h12-19,21H,4-11,20H2,1-3H3. The Hall–Kier alpha value is -3.50. The van der Waals surface area contributed by atoms with Crippen molar-refractivity contribution in [3.8, 4) is 0 Å². The number of aromatic nitrogens is 1. The number of hydrogen-bond acceptors (Lipinski definition) is 10. The summed E-state index contributed by atoms with van der Waals surface area (Å²) in [5, 5.41) is 18.7. The molecule has 0 saturated carbocycles. The largest absolute Gasteiger partial charge is 0.462 e. The first kappa shape index (κ1) is 29.5. The summed E-state index contributed by atoms with van der Waals surface area (Å²) in [7, 11) is 0. The number of anilines is 1. The molecule has 4 aromatic rings. The van der Waals surface area contributed by atoms with E-state index in [2.05, 4.69) is 63.2 Å². The van der Waals surface area contributed by atoms with E-state index >= 15 is 0 Å². The molecule has 0 N–H and O–H groups in total. The van der Waals surface area contributed by atoms with Gasteiger partial charge in [0.25, 0.3) is 0 Å². The molecule has 2 aromatic heterocycles. The lowest BCUT2D eigenvalue weighted by molar-refractivity contribution is 0.0497. The number of hydrogen-bond donors (Lipinski definition) is 0. The summed E-state index contributed by atoms with van der Waals surface area (Å²) < 4.78 is 6.38. The highest BCUT2D eigenvalue weighted by atomic mass is 32.1. The van der Waals surface area contributed by atoms with Gasteiger partial charge in [0, 0.05) is 18.8 Å². The molecule has 0 amide bonds. The predicted octanol–water partition coefficient (Wildman–Crippen LogP) is 10.6. The van der Waals surface area contributed by atoms with Gasteiger partial charge >= 0.3 is 5.97 Å². The molecule has 2 heterocycles. The topological polar surface area (TPSA) is 91.9 Å². The summed E-state index contributed by atoms with van der Waals surface area (Å²) in [6.45, 7) is 8.90. The summed E-state index contributed by atoms with van der Waals surface area (Å²) in [6.07, 6.45) is 6.95. The van der Waals surface area contributed by atoms with E-state index in [0.29, 0.717) is 23.0 Å². The molecular formula is C30H36N6O2S2. The van der Waals surface area contributed by atoms with Crippen molar-refractivity contribution in [2.45, 2.75) is 59.3 Å². The number of esters is 1. The minimum absolute atomic E-state index is 0.300. The zero-order valence-corrected chi connectivity index (χ0v) is 25.0. The maximum Gasteiger partial charge on any atom is 0.338 e. The van der Waals surface area contributed by atoms with Crippen molar-refractivity contribution in [3.05, 3.63) is 60.2 Å². The molecule has 0 bridgehead atoms. The van der Waals surface area contributed by atoms with Crippen molar-refractivity contribution in [2.75, 3.05) is 24.6 Å². The summed E-state index contributed by atoms with van der Waals surface area (Å²) in [5.41, 5.74) is 3.16. The minimum atomic E-state index is -0.300. The van der Waals surface area contributed by atoms with E-state index in [9.17, 15) is 4.79 Å². The Labute approximate surface area is 243 Å². The van der Waals surface area contributed by atoms with Crippen molar-refractivity contribution in [1.29, 1.82) is 0 Å². The quantitative estimate of drug-likeness (QED) is 0.0799. The molecule has 0 spiro atoms. The van der Waals surface area contributed by atoms with Crippen LogP contribution >= 0.6 is 22.7 Å². The monoisotopic (exact) mass is 576 g/mol. The lowest BCUT2D eigenvalue weighted by Gasteiger charge is -2.20. The number of carbonyl (C=O) groups excluding carboxylic acids is 1. The minimum Gasteiger partial charge on any atom is -0.462 e.